The smallest absolute Gasteiger partial charge is 0.232 e. The fraction of sp³-hybridized carbons (Fsp3) is 0.552. The van der Waals surface area contributed by atoms with Gasteiger partial charge in [0.15, 0.2) is 5.78 Å². The summed E-state index contributed by atoms with van der Waals surface area (Å²) in [5.41, 5.74) is 9.46. The third-order valence-electron chi connectivity index (χ3n) is 5.63. The maximum Gasteiger partial charge on any atom is 0.232 e. The van der Waals surface area contributed by atoms with Crippen molar-refractivity contribution in [2.75, 3.05) is 13.7 Å². The van der Waals surface area contributed by atoms with Crippen LogP contribution in [-0.2, 0) is 21.5 Å². The topological polar surface area (TPSA) is 89.5 Å². The van der Waals surface area contributed by atoms with Gasteiger partial charge in [0.1, 0.15) is 0 Å². The lowest BCUT2D eigenvalue weighted by Crippen LogP contribution is -2.35. The fourth-order valence-corrected chi connectivity index (χ4v) is 3.44. The predicted octanol–water partition coefficient (Wildman–Crippen LogP) is 6.76. The van der Waals surface area contributed by atoms with Crippen molar-refractivity contribution < 1.29 is 14.3 Å². The van der Waals surface area contributed by atoms with Crippen LogP contribution < -0.4 is 5.73 Å². The van der Waals surface area contributed by atoms with Crippen LogP contribution in [0.25, 0.3) is 0 Å². The Morgan fingerprint density at radius 1 is 1.14 bits per heavy atom. The van der Waals surface area contributed by atoms with E-state index in [1.54, 1.807) is 13.1 Å². The van der Waals surface area contributed by atoms with Crippen LogP contribution in [0.5, 0.6) is 0 Å². The van der Waals surface area contributed by atoms with Gasteiger partial charge < -0.3 is 15.2 Å². The van der Waals surface area contributed by atoms with Gasteiger partial charge in [-0.1, -0.05) is 60.6 Å². The van der Waals surface area contributed by atoms with E-state index < -0.39 is 0 Å². The van der Waals surface area contributed by atoms with Gasteiger partial charge in [-0.3, -0.25) is 9.79 Å². The zero-order valence-corrected chi connectivity index (χ0v) is 24.9. The molecular formula is C29H47ClN4O3. The van der Waals surface area contributed by atoms with Gasteiger partial charge in [0.2, 0.25) is 11.9 Å². The van der Waals surface area contributed by atoms with Gasteiger partial charge in [-0.2, -0.15) is 5.01 Å². The summed E-state index contributed by atoms with van der Waals surface area (Å²) < 4.78 is 11.5. The summed E-state index contributed by atoms with van der Waals surface area (Å²) in [6.45, 7) is 17.6. The largest absolute Gasteiger partial charge is 0.473 e. The highest BCUT2D eigenvalue weighted by atomic mass is 35.5. The standard InChI is InChI=1S/C27H40N4O3.C2H6.ClH/c1-8-23(9-2)34-25-14-12-22(31(30-25)26(28)29-7)11-13-24(32)20-15-19(18-33-10-3)16-21(17-20)27(4,5)6;1-2;/h11-12,14-17,23H,8-10,13,18H2,1-7H3,(H2,28,29);1-2H3;1H/b22-11+;;. The van der Waals surface area contributed by atoms with Crippen molar-refractivity contribution in [2.45, 2.75) is 92.8 Å². The van der Waals surface area contributed by atoms with Crippen molar-refractivity contribution in [3.8, 4) is 0 Å². The van der Waals surface area contributed by atoms with E-state index in [1.165, 1.54) is 5.01 Å². The summed E-state index contributed by atoms with van der Waals surface area (Å²) in [5.74, 6) is 0.712. The molecule has 1 aromatic carbocycles. The van der Waals surface area contributed by atoms with Crippen molar-refractivity contribution in [1.82, 2.24) is 5.01 Å². The quantitative estimate of drug-likeness (QED) is 0.215. The van der Waals surface area contributed by atoms with Crippen LogP contribution in [0.2, 0.25) is 0 Å². The van der Waals surface area contributed by atoms with Crippen molar-refractivity contribution in [1.29, 1.82) is 0 Å². The van der Waals surface area contributed by atoms with Crippen LogP contribution in [0.1, 0.15) is 96.1 Å². The molecule has 0 amide bonds. The minimum atomic E-state index is -0.0788. The number of guanidine groups is 1. The lowest BCUT2D eigenvalue weighted by atomic mass is 9.84. The van der Waals surface area contributed by atoms with E-state index in [2.05, 4.69) is 50.8 Å². The number of Topliss-reactive ketones (excluding diaryl/α,β-unsaturated/α-hetero) is 1. The van der Waals surface area contributed by atoms with E-state index in [-0.39, 0.29) is 42.1 Å². The molecule has 0 unspecified atom stereocenters. The molecule has 2 rings (SSSR count). The van der Waals surface area contributed by atoms with E-state index in [0.717, 1.165) is 24.0 Å². The Kier molecular flexibility index (Phi) is 15.8. The van der Waals surface area contributed by atoms with Gasteiger partial charge >= 0.3 is 0 Å². The Morgan fingerprint density at radius 2 is 1.78 bits per heavy atom. The first-order valence-electron chi connectivity index (χ1n) is 13.0. The Hall–Kier alpha value is -2.64. The molecule has 1 aliphatic heterocycles. The second-order valence-electron chi connectivity index (χ2n) is 9.28. The molecule has 0 spiro atoms. The molecule has 0 fully saturated rings. The molecule has 1 aromatic rings. The molecule has 208 valence electrons. The second kappa shape index (κ2) is 17.0. The zero-order chi connectivity index (χ0) is 27.3. The Balaban J connectivity index is 0.00000421. The number of nitrogens with zero attached hydrogens (tertiary/aromatic N) is 3. The highest BCUT2D eigenvalue weighted by Gasteiger charge is 2.20. The third kappa shape index (κ3) is 10.7. The van der Waals surface area contributed by atoms with E-state index >= 15 is 0 Å². The average Bonchev–Trinajstić information content (AvgIpc) is 2.89. The van der Waals surface area contributed by atoms with E-state index in [9.17, 15) is 4.79 Å². The molecule has 0 aromatic heterocycles. The number of halogens is 1. The van der Waals surface area contributed by atoms with E-state index in [0.29, 0.717) is 30.4 Å². The number of ketones is 1. The van der Waals surface area contributed by atoms with E-state index in [4.69, 9.17) is 15.2 Å². The van der Waals surface area contributed by atoms with Crippen LogP contribution in [0.15, 0.2) is 52.2 Å². The molecule has 0 saturated heterocycles. The Labute approximate surface area is 230 Å². The van der Waals surface area contributed by atoms with Gasteiger partial charge in [0.25, 0.3) is 0 Å². The SMILES string of the molecule is CC.CCOCc1cc(C(=O)C/C=C2\C=CC(OC(CC)CC)=NN2C(N)=NC)cc(C(C)(C)C)c1.Cl. The van der Waals surface area contributed by atoms with Crippen LogP contribution >= 0.6 is 12.4 Å². The molecular weight excluding hydrogens is 488 g/mol. The van der Waals surface area contributed by atoms with Crippen molar-refractivity contribution in [2.24, 2.45) is 15.8 Å². The fourth-order valence-electron chi connectivity index (χ4n) is 3.44. The highest BCUT2D eigenvalue weighted by Crippen LogP contribution is 2.26. The maximum absolute atomic E-state index is 13.2. The minimum absolute atomic E-state index is 0. The molecule has 7 nitrogen and oxygen atoms in total. The van der Waals surface area contributed by atoms with Crippen LogP contribution in [-0.4, -0.2) is 42.4 Å². The van der Waals surface area contributed by atoms with Crippen molar-refractivity contribution in [3.05, 3.63) is 58.8 Å². The van der Waals surface area contributed by atoms with Gasteiger partial charge in [0, 0.05) is 31.7 Å². The molecule has 8 heteroatoms. The summed E-state index contributed by atoms with van der Waals surface area (Å²) >= 11 is 0. The molecule has 0 radical (unpaired) electrons. The number of carbonyl (C=O) groups excluding carboxylic acids is 1. The Bertz CT molecular complexity index is 974. The van der Waals surface area contributed by atoms with Gasteiger partial charge in [-0.25, -0.2) is 0 Å². The van der Waals surface area contributed by atoms with Gasteiger partial charge in [0.05, 0.1) is 18.4 Å². The number of benzene rings is 1. The molecule has 2 N–H and O–H groups in total. The first-order valence-corrected chi connectivity index (χ1v) is 13.0. The van der Waals surface area contributed by atoms with Crippen molar-refractivity contribution >= 4 is 30.0 Å². The summed E-state index contributed by atoms with van der Waals surface area (Å²) in [6, 6.07) is 6.01. The molecule has 0 saturated carbocycles. The van der Waals surface area contributed by atoms with Gasteiger partial charge in [-0.15, -0.1) is 17.5 Å². The molecule has 0 atom stereocenters. The van der Waals surface area contributed by atoms with Crippen LogP contribution in [0, 0.1) is 0 Å². The number of hydrogen-bond donors (Lipinski definition) is 1. The lowest BCUT2D eigenvalue weighted by Gasteiger charge is -2.25. The number of rotatable bonds is 9. The van der Waals surface area contributed by atoms with Gasteiger partial charge in [-0.05, 0) is 54.5 Å². The van der Waals surface area contributed by atoms with Crippen LogP contribution in [0.4, 0.5) is 0 Å². The first kappa shape index (κ1) is 34.4. The first-order chi connectivity index (χ1) is 17.1. The Morgan fingerprint density at radius 3 is 2.32 bits per heavy atom. The molecule has 1 aliphatic rings. The minimum Gasteiger partial charge on any atom is -0.473 e. The zero-order valence-electron chi connectivity index (χ0n) is 24.1. The number of allylic oxidation sites excluding steroid dienone is 2. The average molecular weight is 535 g/mol. The predicted molar refractivity (Wildman–Crippen MR) is 158 cm³/mol. The highest BCUT2D eigenvalue weighted by molar-refractivity contribution is 5.98. The summed E-state index contributed by atoms with van der Waals surface area (Å²) in [6.07, 6.45) is 7.52. The number of ether oxygens (including phenoxy) is 2. The third-order valence-corrected chi connectivity index (χ3v) is 5.63. The number of carbonyl (C=O) groups is 1. The molecule has 0 aliphatic carbocycles. The maximum atomic E-state index is 13.2. The van der Waals surface area contributed by atoms with Crippen LogP contribution in [0.3, 0.4) is 0 Å². The number of hydrogen-bond acceptors (Lipinski definition) is 5. The van der Waals surface area contributed by atoms with E-state index in [1.807, 2.05) is 45.1 Å². The number of nitrogens with two attached hydrogens (primary N) is 1. The summed E-state index contributed by atoms with van der Waals surface area (Å²) in [7, 11) is 1.60. The second-order valence-corrected chi connectivity index (χ2v) is 9.28. The lowest BCUT2D eigenvalue weighted by molar-refractivity contribution is 0.0994. The van der Waals surface area contributed by atoms with Crippen molar-refractivity contribution in [3.63, 3.8) is 0 Å². The number of aliphatic imine (C=N–C) groups is 1. The number of hydrazone groups is 1. The summed E-state index contributed by atoms with van der Waals surface area (Å²) in [4.78, 5) is 17.2. The molecule has 37 heavy (non-hydrogen) atoms. The monoisotopic (exact) mass is 534 g/mol. The summed E-state index contributed by atoms with van der Waals surface area (Å²) in [5, 5.41) is 6.01. The normalized spacial score (nSPS) is 14.6. The molecule has 1 heterocycles. The molecule has 0 bridgehead atoms.